The SMILES string of the molecule is CCc1cccc(-n2nc(C)cc2C(=O)Cc2cccc(C(NCC3CC3)c3ccc(C)cc3C)c2)c1.Cc1ccc(C(NCC2CC2)c2cccc(CC(=O)c3cc(C)nn3-c3cccc(CN)c3)c2)c(C)c1.Cl.NCCNCCN.[C-]#[N+]c1cccc(-n2nc(C)cc2C(=O)Cc2cccc(C(NCC3CC3)c3ccc(C)cc3C)c2)c1.[Cl][Ni][Cl]. The summed E-state index contributed by atoms with van der Waals surface area (Å²) in [6.45, 7) is 34.8. The van der Waals surface area contributed by atoms with Crippen molar-refractivity contribution in [2.75, 3.05) is 45.8 Å². The van der Waals surface area contributed by atoms with Gasteiger partial charge in [0.05, 0.1) is 58.8 Å². The fourth-order valence-electron chi connectivity index (χ4n) is 15.4. The molecule has 0 amide bonds. The minimum atomic E-state index is -0.0000265. The Bertz CT molecular complexity index is 5300. The van der Waals surface area contributed by atoms with E-state index in [9.17, 15) is 14.4 Å². The van der Waals surface area contributed by atoms with Crippen LogP contribution in [0, 0.1) is 86.6 Å². The molecule has 3 aliphatic carbocycles. The second-order valence-corrected chi connectivity index (χ2v) is 34.3. The maximum absolute atomic E-state index is 13.6. The fourth-order valence-corrected chi connectivity index (χ4v) is 15.4. The third kappa shape index (κ3) is 27.3. The van der Waals surface area contributed by atoms with Gasteiger partial charge < -0.3 is 38.5 Å². The van der Waals surface area contributed by atoms with Crippen LogP contribution >= 0.6 is 32.8 Å². The molecule has 0 aliphatic heterocycles. The maximum atomic E-state index is 13.6. The van der Waals surface area contributed by atoms with Gasteiger partial charge in [0.25, 0.3) is 0 Å². The second kappa shape index (κ2) is 46.6. The van der Waals surface area contributed by atoms with Gasteiger partial charge in [-0.15, -0.1) is 12.4 Å². The van der Waals surface area contributed by atoms with Crippen molar-refractivity contribution >= 4 is 55.8 Å². The van der Waals surface area contributed by atoms with Gasteiger partial charge in [-0.1, -0.05) is 187 Å². The van der Waals surface area contributed by atoms with Crippen molar-refractivity contribution in [2.45, 2.75) is 158 Å². The molecule has 9 aromatic carbocycles. The Morgan fingerprint density at radius 1 is 0.426 bits per heavy atom. The second-order valence-electron chi connectivity index (χ2n) is 32.6. The van der Waals surface area contributed by atoms with Gasteiger partial charge in [0.15, 0.2) is 23.0 Å². The number of benzene rings is 9. The quantitative estimate of drug-likeness (QED) is 0.00879. The number of Topliss-reactive ketones (excluding diaryl/α,β-unsaturated/α-hetero) is 3. The van der Waals surface area contributed by atoms with E-state index < -0.39 is 0 Å². The van der Waals surface area contributed by atoms with Crippen LogP contribution < -0.4 is 38.5 Å². The zero-order valence-corrected chi connectivity index (χ0v) is 75.4. The van der Waals surface area contributed by atoms with Crippen LogP contribution in [0.3, 0.4) is 0 Å². The van der Waals surface area contributed by atoms with Crippen LogP contribution in [-0.2, 0) is 44.9 Å². The molecule has 3 aliphatic rings. The van der Waals surface area contributed by atoms with E-state index in [4.69, 9.17) is 44.2 Å². The summed E-state index contributed by atoms with van der Waals surface area (Å²) >= 11 is 0.569. The van der Waals surface area contributed by atoms with Crippen molar-refractivity contribution in [1.29, 1.82) is 0 Å². The number of halogens is 3. The molecule has 0 bridgehead atoms. The number of carbonyl (C=O) groups excluding carboxylic acids is 3. The predicted molar refractivity (Wildman–Crippen MR) is 497 cm³/mol. The zero-order chi connectivity index (χ0) is 86.1. The van der Waals surface area contributed by atoms with E-state index in [0.717, 1.165) is 113 Å². The molecule has 17 nitrogen and oxygen atoms in total. The first-order valence-electron chi connectivity index (χ1n) is 42.3. The fraction of sp³-hybridized carbons (Fsp3) is 0.337. The van der Waals surface area contributed by atoms with Crippen LogP contribution in [0.4, 0.5) is 5.69 Å². The van der Waals surface area contributed by atoms with Crippen LogP contribution in [0.2, 0.25) is 0 Å². The number of nitrogens with two attached hydrogens (primary N) is 3. The third-order valence-electron chi connectivity index (χ3n) is 22.2. The molecule has 10 N–H and O–H groups in total. The number of ketones is 3. The summed E-state index contributed by atoms with van der Waals surface area (Å²) in [4.78, 5) is 44.1. The molecule has 0 saturated heterocycles. The predicted octanol–water partition coefficient (Wildman–Crippen LogP) is 19.8. The van der Waals surface area contributed by atoms with Gasteiger partial charge in [-0.05, 0) is 277 Å². The van der Waals surface area contributed by atoms with Crippen molar-refractivity contribution in [2.24, 2.45) is 35.0 Å². The Morgan fingerprint density at radius 2 is 0.738 bits per heavy atom. The topological polar surface area (TPSA) is 235 Å². The van der Waals surface area contributed by atoms with E-state index in [1.165, 1.54) is 111 Å². The van der Waals surface area contributed by atoms with Gasteiger partial charge in [-0.25, -0.2) is 18.9 Å². The first kappa shape index (κ1) is 94.4. The zero-order valence-electron chi connectivity index (χ0n) is 72.0. The van der Waals surface area contributed by atoms with Crippen LogP contribution in [0.25, 0.3) is 21.9 Å². The Morgan fingerprint density at radius 3 is 1.05 bits per heavy atom. The number of aromatic nitrogens is 6. The Balaban J connectivity index is 0.000000181. The number of aryl methyl sites for hydroxylation is 10. The summed E-state index contributed by atoms with van der Waals surface area (Å²) in [5.41, 5.74) is 43.7. The van der Waals surface area contributed by atoms with Crippen molar-refractivity contribution in [3.63, 3.8) is 0 Å². The molecule has 21 heteroatoms. The average molecular weight is 1740 g/mol. The monoisotopic (exact) mass is 1740 g/mol. The normalized spacial score (nSPS) is 13.4. The molecule has 15 rings (SSSR count). The van der Waals surface area contributed by atoms with Crippen LogP contribution in [0.15, 0.2) is 218 Å². The van der Waals surface area contributed by atoms with Gasteiger partial charge in [-0.3, -0.25) is 14.4 Å². The summed E-state index contributed by atoms with van der Waals surface area (Å²) < 4.78 is 5.21. The molecule has 12 aromatic rings. The molecule has 0 spiro atoms. The van der Waals surface area contributed by atoms with E-state index in [1.54, 1.807) is 26.2 Å². The first-order valence-corrected chi connectivity index (χ1v) is 45.1. The van der Waals surface area contributed by atoms with Gasteiger partial charge in [-0.2, -0.15) is 15.3 Å². The van der Waals surface area contributed by atoms with Gasteiger partial charge in [0, 0.05) is 52.0 Å². The average Bonchev–Trinajstić information content (AvgIpc) is 1.73. The van der Waals surface area contributed by atoms with Gasteiger partial charge in [0.1, 0.15) is 17.1 Å². The molecular weight excluding hydrogens is 1620 g/mol. The first-order chi connectivity index (χ1) is 58.5. The Labute approximate surface area is 742 Å². The molecule has 122 heavy (non-hydrogen) atoms. The van der Waals surface area contributed by atoms with E-state index in [0.29, 0.717) is 67.9 Å². The minimum absolute atomic E-state index is 0. The molecule has 3 unspecified atom stereocenters. The van der Waals surface area contributed by atoms with E-state index in [2.05, 4.69) is 217 Å². The molecule has 642 valence electrons. The summed E-state index contributed by atoms with van der Waals surface area (Å²) in [5.74, 6) is 2.45. The van der Waals surface area contributed by atoms with E-state index in [1.807, 2.05) is 99.6 Å². The summed E-state index contributed by atoms with van der Waals surface area (Å²) in [6.07, 6.45) is 9.73. The molecule has 3 saturated carbocycles. The van der Waals surface area contributed by atoms with Crippen molar-refractivity contribution in [3.05, 3.63) is 359 Å². The molecule has 0 radical (unpaired) electrons. The molecule has 3 aromatic heterocycles. The van der Waals surface area contributed by atoms with Crippen LogP contribution in [-0.4, -0.2) is 92.5 Å². The number of rotatable bonds is 33. The number of hydrogen-bond acceptors (Lipinski definition) is 13. The van der Waals surface area contributed by atoms with Crippen LogP contribution in [0.5, 0.6) is 0 Å². The Hall–Kier alpha value is -9.81. The summed E-state index contributed by atoms with van der Waals surface area (Å²) in [6, 6.07) is 74.7. The number of carbonyl (C=O) groups is 3. The Kier molecular flexibility index (Phi) is 36.1. The van der Waals surface area contributed by atoms with Gasteiger partial charge >= 0.3 is 33.0 Å². The molecular formula is C101H119Cl3N14NiO3. The molecule has 3 atom stereocenters. The summed E-state index contributed by atoms with van der Waals surface area (Å²) in [7, 11) is 9.40. The van der Waals surface area contributed by atoms with Crippen molar-refractivity contribution in [3.8, 4) is 17.1 Å². The molecule has 3 heterocycles. The summed E-state index contributed by atoms with van der Waals surface area (Å²) in [5, 5.41) is 28.3. The number of hydrogen-bond donors (Lipinski definition) is 7. The van der Waals surface area contributed by atoms with E-state index in [-0.39, 0.29) is 54.3 Å². The molecule has 3 fully saturated rings. The van der Waals surface area contributed by atoms with Crippen molar-refractivity contribution in [1.82, 2.24) is 50.6 Å². The van der Waals surface area contributed by atoms with Crippen LogP contribution in [0.1, 0.15) is 207 Å². The standard InChI is InChI=1S/C33H37N3O.C32H32N4O.C32H36N4O.C4H13N3.3ClH.Ni/c1-5-25-8-7-11-29(19-25)36-31(17-24(4)35-36)32(37)20-27-9-6-10-28(18-27)33(34-21-26-13-14-26)30-15-12-22(2)16-23(30)3;1-21-11-14-29(22(2)15-21)32(34-20-24-12-13-24)26-8-5-7-25(17-26)18-31(37)30-16-23(3)35-36(30)28-10-6-9-27(19-28)33-4;1-21-10-13-29(22(2)14-21)32(34-20-24-11-12-24)27-8-4-6-25(16-27)18-31(37)30-15-23(3)35-36(30)28-9-5-7-26(17-28)19-33;5-1-3-7-4-2-6;;;;/h6-12,15-19,26,33-34H,5,13-14,20-21H2,1-4H3;5-11,14-17,19,24,32,34H,12-13,18,20H2,1-3H3;4-10,13-17,24,32,34H,11-12,18-20,33H2,1-3H3;7H,1-6H2;3*1H;/q;;;;;;;+2/p-2. The number of nitrogens with zero attached hydrogens (tertiary/aromatic N) is 7. The van der Waals surface area contributed by atoms with E-state index >= 15 is 0 Å². The number of nitrogens with one attached hydrogen (secondary N) is 4. The van der Waals surface area contributed by atoms with Gasteiger partial charge in [0.2, 0.25) is 0 Å². The van der Waals surface area contributed by atoms with Crippen molar-refractivity contribution < 1.29 is 27.0 Å². The third-order valence-corrected chi connectivity index (χ3v) is 22.2.